The highest BCUT2D eigenvalue weighted by atomic mass is 16.4. The van der Waals surface area contributed by atoms with E-state index < -0.39 is 0 Å². The molecule has 1 atom stereocenters. The van der Waals surface area contributed by atoms with Crippen molar-refractivity contribution in [3.63, 3.8) is 0 Å². The van der Waals surface area contributed by atoms with Gasteiger partial charge in [0.1, 0.15) is 5.76 Å². The van der Waals surface area contributed by atoms with Crippen LogP contribution in [0.5, 0.6) is 0 Å². The van der Waals surface area contributed by atoms with E-state index >= 15 is 0 Å². The van der Waals surface area contributed by atoms with Crippen molar-refractivity contribution in [2.45, 2.75) is 32.7 Å². The molecule has 0 spiro atoms. The fraction of sp³-hybridized carbons (Fsp3) is 0.375. The van der Waals surface area contributed by atoms with Gasteiger partial charge in [-0.05, 0) is 25.5 Å². The first-order chi connectivity index (χ1) is 10.1. The normalized spacial score (nSPS) is 12.1. The maximum atomic E-state index is 11.9. The number of carbonyl (C=O) groups excluding carboxylic acids is 1. The fourth-order valence-electron chi connectivity index (χ4n) is 2.00. The van der Waals surface area contributed by atoms with E-state index in [2.05, 4.69) is 10.3 Å². The van der Waals surface area contributed by atoms with Crippen LogP contribution in [0, 0.1) is 6.92 Å². The Labute approximate surface area is 124 Å². The van der Waals surface area contributed by atoms with Crippen molar-refractivity contribution in [3.8, 4) is 11.5 Å². The zero-order valence-corrected chi connectivity index (χ0v) is 12.3. The van der Waals surface area contributed by atoms with Crippen molar-refractivity contribution < 1.29 is 14.3 Å². The first kappa shape index (κ1) is 15.3. The third kappa shape index (κ3) is 3.92. The monoisotopic (exact) mass is 288 g/mol. The second-order valence-electron chi connectivity index (χ2n) is 4.92. The second-order valence-corrected chi connectivity index (χ2v) is 4.92. The Bertz CT molecular complexity index is 589. The molecule has 2 rings (SSSR count). The Hall–Kier alpha value is -2.14. The van der Waals surface area contributed by atoms with E-state index in [1.807, 2.05) is 37.3 Å². The van der Waals surface area contributed by atoms with Crippen LogP contribution >= 0.6 is 0 Å². The molecule has 0 aliphatic heterocycles. The lowest BCUT2D eigenvalue weighted by molar-refractivity contribution is -0.121. The van der Waals surface area contributed by atoms with Gasteiger partial charge in [0.05, 0.1) is 24.8 Å². The van der Waals surface area contributed by atoms with Gasteiger partial charge in [-0.2, -0.15) is 0 Å². The molecule has 1 aromatic carbocycles. The van der Waals surface area contributed by atoms with Gasteiger partial charge in [0.25, 0.3) is 0 Å². The van der Waals surface area contributed by atoms with Crippen LogP contribution < -0.4 is 5.32 Å². The van der Waals surface area contributed by atoms with Crippen LogP contribution in [-0.4, -0.2) is 28.6 Å². The first-order valence-electron chi connectivity index (χ1n) is 7.06. The smallest absolute Gasteiger partial charge is 0.226 e. The van der Waals surface area contributed by atoms with Crippen LogP contribution in [-0.2, 0) is 11.2 Å². The number of hydrogen-bond acceptors (Lipinski definition) is 4. The summed E-state index contributed by atoms with van der Waals surface area (Å²) in [6.45, 7) is 3.65. The standard InChI is InChI=1S/C16H20N2O3/c1-3-13(10-19)17-15(20)9-14-11(2)21-16(18-14)12-7-5-4-6-8-12/h4-8,13,19H,3,9-10H2,1-2H3,(H,17,20). The summed E-state index contributed by atoms with van der Waals surface area (Å²) in [6, 6.07) is 9.36. The Kier molecular flexibility index (Phi) is 5.11. The SMILES string of the molecule is CCC(CO)NC(=O)Cc1nc(-c2ccccc2)oc1C. The maximum Gasteiger partial charge on any atom is 0.226 e. The predicted octanol–water partition coefficient (Wildman–Crippen LogP) is 2.08. The zero-order chi connectivity index (χ0) is 15.2. The molecule has 0 fully saturated rings. The number of aryl methyl sites for hydroxylation is 1. The van der Waals surface area contributed by atoms with Crippen LogP contribution in [0.25, 0.3) is 11.5 Å². The van der Waals surface area contributed by atoms with Crippen LogP contribution in [0.15, 0.2) is 34.7 Å². The summed E-state index contributed by atoms with van der Waals surface area (Å²) in [5.41, 5.74) is 1.51. The summed E-state index contributed by atoms with van der Waals surface area (Å²) >= 11 is 0. The summed E-state index contributed by atoms with van der Waals surface area (Å²) in [7, 11) is 0. The average Bonchev–Trinajstić information content (AvgIpc) is 2.87. The number of benzene rings is 1. The molecule has 0 bridgehead atoms. The van der Waals surface area contributed by atoms with E-state index in [1.165, 1.54) is 0 Å². The number of hydrogen-bond donors (Lipinski definition) is 2. The second kappa shape index (κ2) is 7.04. The summed E-state index contributed by atoms with van der Waals surface area (Å²) in [5, 5.41) is 11.9. The van der Waals surface area contributed by atoms with Crippen LogP contribution in [0.3, 0.4) is 0 Å². The molecule has 0 saturated heterocycles. The highest BCUT2D eigenvalue weighted by Gasteiger charge is 2.16. The molecule has 2 N–H and O–H groups in total. The molecule has 112 valence electrons. The van der Waals surface area contributed by atoms with Gasteiger partial charge in [0.2, 0.25) is 11.8 Å². The lowest BCUT2D eigenvalue weighted by atomic mass is 10.2. The minimum Gasteiger partial charge on any atom is -0.441 e. The first-order valence-corrected chi connectivity index (χ1v) is 7.06. The van der Waals surface area contributed by atoms with Gasteiger partial charge in [0, 0.05) is 5.56 Å². The quantitative estimate of drug-likeness (QED) is 0.853. The van der Waals surface area contributed by atoms with Gasteiger partial charge in [0.15, 0.2) is 0 Å². The topological polar surface area (TPSA) is 75.4 Å². The van der Waals surface area contributed by atoms with Gasteiger partial charge in [-0.1, -0.05) is 25.1 Å². The van der Waals surface area contributed by atoms with Gasteiger partial charge >= 0.3 is 0 Å². The summed E-state index contributed by atoms with van der Waals surface area (Å²) in [5.74, 6) is 0.998. The van der Waals surface area contributed by atoms with Crippen LogP contribution in [0.4, 0.5) is 0 Å². The molecule has 1 heterocycles. The third-order valence-corrected chi connectivity index (χ3v) is 3.32. The van der Waals surface area contributed by atoms with Crippen molar-refractivity contribution >= 4 is 5.91 Å². The molecule has 0 aliphatic rings. The number of carbonyl (C=O) groups is 1. The Morgan fingerprint density at radius 2 is 2.10 bits per heavy atom. The van der Waals surface area contributed by atoms with E-state index in [9.17, 15) is 4.79 Å². The predicted molar refractivity (Wildman–Crippen MR) is 79.7 cm³/mol. The zero-order valence-electron chi connectivity index (χ0n) is 12.3. The number of oxazole rings is 1. The molecule has 0 aliphatic carbocycles. The molecule has 0 saturated carbocycles. The molecule has 0 radical (unpaired) electrons. The van der Waals surface area contributed by atoms with Crippen molar-refractivity contribution in [2.24, 2.45) is 0 Å². The third-order valence-electron chi connectivity index (χ3n) is 3.32. The molecule has 1 aromatic heterocycles. The van der Waals surface area contributed by atoms with E-state index in [4.69, 9.17) is 9.52 Å². The molecule has 5 heteroatoms. The minimum absolute atomic E-state index is 0.0602. The Balaban J connectivity index is 2.08. The van der Waals surface area contributed by atoms with E-state index in [1.54, 1.807) is 6.92 Å². The molecular weight excluding hydrogens is 268 g/mol. The molecule has 1 unspecified atom stereocenters. The minimum atomic E-state index is -0.210. The van der Waals surface area contributed by atoms with Crippen LogP contribution in [0.2, 0.25) is 0 Å². The molecule has 5 nitrogen and oxygen atoms in total. The van der Waals surface area contributed by atoms with Crippen LogP contribution in [0.1, 0.15) is 24.8 Å². The van der Waals surface area contributed by atoms with E-state index in [0.29, 0.717) is 23.8 Å². The lowest BCUT2D eigenvalue weighted by Crippen LogP contribution is -2.37. The molecule has 2 aromatic rings. The van der Waals surface area contributed by atoms with Gasteiger partial charge in [-0.15, -0.1) is 0 Å². The lowest BCUT2D eigenvalue weighted by Gasteiger charge is -2.13. The van der Waals surface area contributed by atoms with Crippen molar-refractivity contribution in [3.05, 3.63) is 41.8 Å². The summed E-state index contributed by atoms with van der Waals surface area (Å²) in [6.07, 6.45) is 0.841. The maximum absolute atomic E-state index is 11.9. The fourth-order valence-corrected chi connectivity index (χ4v) is 2.00. The van der Waals surface area contributed by atoms with Gasteiger partial charge in [-0.3, -0.25) is 4.79 Å². The molecular formula is C16H20N2O3. The van der Waals surface area contributed by atoms with Crippen molar-refractivity contribution in [2.75, 3.05) is 6.61 Å². The largest absolute Gasteiger partial charge is 0.441 e. The number of aliphatic hydroxyl groups excluding tert-OH is 1. The Morgan fingerprint density at radius 1 is 1.38 bits per heavy atom. The van der Waals surface area contributed by atoms with Crippen molar-refractivity contribution in [1.29, 1.82) is 0 Å². The number of nitrogens with zero attached hydrogens (tertiary/aromatic N) is 1. The van der Waals surface area contributed by atoms with E-state index in [-0.39, 0.29) is 25.0 Å². The molecule has 1 amide bonds. The summed E-state index contributed by atoms with van der Waals surface area (Å²) < 4.78 is 5.62. The number of aromatic nitrogens is 1. The van der Waals surface area contributed by atoms with E-state index in [0.717, 1.165) is 5.56 Å². The number of amides is 1. The van der Waals surface area contributed by atoms with Gasteiger partial charge in [-0.25, -0.2) is 4.98 Å². The van der Waals surface area contributed by atoms with Crippen molar-refractivity contribution in [1.82, 2.24) is 10.3 Å². The Morgan fingerprint density at radius 3 is 2.71 bits per heavy atom. The average molecular weight is 288 g/mol. The number of rotatable bonds is 6. The summed E-state index contributed by atoms with van der Waals surface area (Å²) in [4.78, 5) is 16.3. The highest BCUT2D eigenvalue weighted by molar-refractivity contribution is 5.78. The number of aliphatic hydroxyl groups is 1. The molecule has 21 heavy (non-hydrogen) atoms. The highest BCUT2D eigenvalue weighted by Crippen LogP contribution is 2.21. The number of nitrogens with one attached hydrogen (secondary N) is 1. The van der Waals surface area contributed by atoms with Gasteiger partial charge < -0.3 is 14.8 Å².